The number of sulfonamides is 1. The second kappa shape index (κ2) is 8.42. The lowest BCUT2D eigenvalue weighted by atomic mass is 9.94. The first-order valence-electron chi connectivity index (χ1n) is 9.69. The maximum atomic E-state index is 13.1. The van der Waals surface area contributed by atoms with Gasteiger partial charge in [-0.2, -0.15) is 4.31 Å². The van der Waals surface area contributed by atoms with Crippen molar-refractivity contribution in [3.8, 4) is 0 Å². The van der Waals surface area contributed by atoms with Gasteiger partial charge in [-0.25, -0.2) is 12.8 Å². The van der Waals surface area contributed by atoms with Crippen molar-refractivity contribution < 1.29 is 12.8 Å². The van der Waals surface area contributed by atoms with Crippen molar-refractivity contribution in [2.75, 3.05) is 13.1 Å². The highest BCUT2D eigenvalue weighted by Crippen LogP contribution is 2.26. The highest BCUT2D eigenvalue weighted by Gasteiger charge is 2.30. The minimum absolute atomic E-state index is 0.139. The average molecular weight is 415 g/mol. The summed E-state index contributed by atoms with van der Waals surface area (Å²) in [6, 6.07) is 15.2. The van der Waals surface area contributed by atoms with E-state index < -0.39 is 15.8 Å². The lowest BCUT2D eigenvalue weighted by Gasteiger charge is -2.31. The van der Waals surface area contributed by atoms with Crippen LogP contribution >= 0.6 is 0 Å². The van der Waals surface area contributed by atoms with E-state index in [1.54, 1.807) is 6.33 Å². The van der Waals surface area contributed by atoms with Crippen molar-refractivity contribution in [2.24, 2.45) is 5.92 Å². The summed E-state index contributed by atoms with van der Waals surface area (Å²) in [6.45, 7) is 1.63. The third kappa shape index (κ3) is 4.54. The molecule has 0 bridgehead atoms. The van der Waals surface area contributed by atoms with Crippen molar-refractivity contribution in [1.29, 1.82) is 0 Å². The highest BCUT2D eigenvalue weighted by molar-refractivity contribution is 7.89. The van der Waals surface area contributed by atoms with E-state index in [9.17, 15) is 12.8 Å². The van der Waals surface area contributed by atoms with Crippen molar-refractivity contribution in [3.05, 3.63) is 78.1 Å². The highest BCUT2D eigenvalue weighted by atomic mass is 32.2. The number of nitrogens with zero attached hydrogens (tertiary/aromatic N) is 4. The van der Waals surface area contributed by atoms with E-state index in [2.05, 4.69) is 26.9 Å². The van der Waals surface area contributed by atoms with Gasteiger partial charge in [-0.05, 0) is 48.6 Å². The normalized spacial score (nSPS) is 16.2. The summed E-state index contributed by atoms with van der Waals surface area (Å²) in [6.07, 6.45) is 4.05. The van der Waals surface area contributed by atoms with Crippen LogP contribution in [0.3, 0.4) is 0 Å². The van der Waals surface area contributed by atoms with Gasteiger partial charge in [-0.3, -0.25) is 0 Å². The van der Waals surface area contributed by atoms with Crippen LogP contribution < -0.4 is 0 Å². The molecule has 29 heavy (non-hydrogen) atoms. The van der Waals surface area contributed by atoms with Crippen LogP contribution in [0.15, 0.2) is 65.8 Å². The molecule has 1 aromatic heterocycles. The molecule has 0 spiro atoms. The monoisotopic (exact) mass is 414 g/mol. The lowest BCUT2D eigenvalue weighted by Crippen LogP contribution is -2.39. The van der Waals surface area contributed by atoms with Crippen LogP contribution in [0.1, 0.15) is 24.2 Å². The molecule has 0 N–H and O–H groups in total. The van der Waals surface area contributed by atoms with Gasteiger partial charge in [0.25, 0.3) is 0 Å². The van der Waals surface area contributed by atoms with E-state index in [-0.39, 0.29) is 4.90 Å². The number of aromatic nitrogens is 3. The molecule has 0 aliphatic carbocycles. The van der Waals surface area contributed by atoms with E-state index in [1.807, 2.05) is 18.2 Å². The summed E-state index contributed by atoms with van der Waals surface area (Å²) in [5.41, 5.74) is 1.19. The van der Waals surface area contributed by atoms with Gasteiger partial charge in [-0.1, -0.05) is 30.3 Å². The second-order valence-corrected chi connectivity index (χ2v) is 9.30. The Morgan fingerprint density at radius 2 is 1.69 bits per heavy atom. The van der Waals surface area contributed by atoms with E-state index in [1.165, 1.54) is 34.1 Å². The summed E-state index contributed by atoms with van der Waals surface area (Å²) in [5, 5.41) is 8.34. The zero-order valence-electron chi connectivity index (χ0n) is 16.0. The topological polar surface area (TPSA) is 68.1 Å². The van der Waals surface area contributed by atoms with Crippen LogP contribution in [0, 0.1) is 11.7 Å². The Kier molecular flexibility index (Phi) is 5.73. The first kappa shape index (κ1) is 19.7. The molecule has 0 radical (unpaired) electrons. The first-order chi connectivity index (χ1) is 14.0. The molecule has 4 rings (SSSR count). The van der Waals surface area contributed by atoms with Gasteiger partial charge in [0.2, 0.25) is 10.0 Å². The Morgan fingerprint density at radius 3 is 2.38 bits per heavy atom. The molecular weight excluding hydrogens is 391 g/mol. The maximum absolute atomic E-state index is 13.1. The summed E-state index contributed by atoms with van der Waals surface area (Å²) >= 11 is 0. The molecule has 0 saturated carbocycles. The SMILES string of the molecule is O=S(=O)(c1ccc(F)cc1)N1CCC(Cc2nncn2Cc2ccccc2)CC1. The van der Waals surface area contributed by atoms with Crippen molar-refractivity contribution in [2.45, 2.75) is 30.7 Å². The van der Waals surface area contributed by atoms with E-state index in [4.69, 9.17) is 0 Å². The summed E-state index contributed by atoms with van der Waals surface area (Å²) in [7, 11) is -3.58. The smallest absolute Gasteiger partial charge is 0.243 e. The molecule has 8 heteroatoms. The zero-order valence-corrected chi connectivity index (χ0v) is 16.8. The molecule has 152 valence electrons. The van der Waals surface area contributed by atoms with Crippen molar-refractivity contribution in [1.82, 2.24) is 19.1 Å². The van der Waals surface area contributed by atoms with Gasteiger partial charge in [0.15, 0.2) is 0 Å². The van der Waals surface area contributed by atoms with Gasteiger partial charge < -0.3 is 4.57 Å². The van der Waals surface area contributed by atoms with Crippen LogP contribution in [-0.2, 0) is 23.0 Å². The average Bonchev–Trinajstić information content (AvgIpc) is 3.16. The molecule has 1 saturated heterocycles. The van der Waals surface area contributed by atoms with E-state index in [0.29, 0.717) is 19.0 Å². The third-order valence-corrected chi connectivity index (χ3v) is 7.30. The predicted molar refractivity (Wildman–Crippen MR) is 107 cm³/mol. The van der Waals surface area contributed by atoms with Crippen LogP contribution in [0.25, 0.3) is 0 Å². The molecule has 1 fully saturated rings. The van der Waals surface area contributed by atoms with Gasteiger partial charge in [-0.15, -0.1) is 10.2 Å². The minimum Gasteiger partial charge on any atom is -0.313 e. The molecular formula is C21H23FN4O2S. The lowest BCUT2D eigenvalue weighted by molar-refractivity contribution is 0.269. The number of halogens is 1. The third-order valence-electron chi connectivity index (χ3n) is 5.39. The number of hydrogen-bond donors (Lipinski definition) is 0. The van der Waals surface area contributed by atoms with Crippen LogP contribution in [0.2, 0.25) is 0 Å². The van der Waals surface area contributed by atoms with E-state index in [0.717, 1.165) is 31.6 Å². The second-order valence-electron chi connectivity index (χ2n) is 7.37. The number of hydrogen-bond acceptors (Lipinski definition) is 4. The quantitative estimate of drug-likeness (QED) is 0.622. The Hall–Kier alpha value is -2.58. The Morgan fingerprint density at radius 1 is 1.00 bits per heavy atom. The fourth-order valence-electron chi connectivity index (χ4n) is 3.72. The number of piperidine rings is 1. The Balaban J connectivity index is 1.37. The molecule has 6 nitrogen and oxygen atoms in total. The molecule has 1 aliphatic heterocycles. The minimum atomic E-state index is -3.58. The zero-order chi connectivity index (χ0) is 20.3. The maximum Gasteiger partial charge on any atom is 0.243 e. The van der Waals surface area contributed by atoms with Crippen molar-refractivity contribution >= 4 is 10.0 Å². The van der Waals surface area contributed by atoms with Gasteiger partial charge in [0.05, 0.1) is 11.4 Å². The molecule has 2 aromatic carbocycles. The fourth-order valence-corrected chi connectivity index (χ4v) is 5.19. The van der Waals surface area contributed by atoms with Crippen LogP contribution in [0.4, 0.5) is 4.39 Å². The largest absolute Gasteiger partial charge is 0.313 e. The first-order valence-corrected chi connectivity index (χ1v) is 11.1. The predicted octanol–water partition coefficient (Wildman–Crippen LogP) is 3.11. The molecule has 0 unspecified atom stereocenters. The molecule has 3 aromatic rings. The number of rotatable bonds is 6. The molecule has 0 atom stereocenters. The fraction of sp³-hybridized carbons (Fsp3) is 0.333. The van der Waals surface area contributed by atoms with Crippen LogP contribution in [-0.4, -0.2) is 40.6 Å². The van der Waals surface area contributed by atoms with Gasteiger partial charge in [0, 0.05) is 19.5 Å². The summed E-state index contributed by atoms with van der Waals surface area (Å²) in [4.78, 5) is 0.139. The van der Waals surface area contributed by atoms with Crippen molar-refractivity contribution in [3.63, 3.8) is 0 Å². The van der Waals surface area contributed by atoms with E-state index >= 15 is 0 Å². The number of benzene rings is 2. The molecule has 2 heterocycles. The Labute approximate surface area is 170 Å². The van der Waals surface area contributed by atoms with Crippen LogP contribution in [0.5, 0.6) is 0 Å². The Bertz CT molecular complexity index is 1040. The summed E-state index contributed by atoms with van der Waals surface area (Å²) in [5.74, 6) is 0.837. The summed E-state index contributed by atoms with van der Waals surface area (Å²) < 4.78 is 42.2. The standard InChI is InChI=1S/C21H23FN4O2S/c22-19-6-8-20(9-7-19)29(27,28)26-12-10-17(11-13-26)14-21-24-23-16-25(21)15-18-4-2-1-3-5-18/h1-9,16-17H,10-15H2. The van der Waals surface area contributed by atoms with Gasteiger partial charge in [0.1, 0.15) is 18.0 Å². The molecule has 1 aliphatic rings. The van der Waals surface area contributed by atoms with Gasteiger partial charge >= 0.3 is 0 Å². The molecule has 0 amide bonds.